The molecule has 3 N–H and O–H groups in total. The number of primary amides is 1. The lowest BCUT2D eigenvalue weighted by Crippen LogP contribution is -2.68. The summed E-state index contributed by atoms with van der Waals surface area (Å²) < 4.78 is 0. The normalized spacial score (nSPS) is 34.1. The molecule has 1 aliphatic rings. The third kappa shape index (κ3) is 3.06. The summed E-state index contributed by atoms with van der Waals surface area (Å²) in [6.07, 6.45) is 0.0942. The van der Waals surface area contributed by atoms with Crippen LogP contribution in [0.3, 0.4) is 0 Å². The van der Waals surface area contributed by atoms with E-state index in [2.05, 4.69) is 0 Å². The van der Waals surface area contributed by atoms with E-state index in [0.717, 1.165) is 0 Å². The average Bonchev–Trinajstić information content (AvgIpc) is 2.27. The van der Waals surface area contributed by atoms with Crippen LogP contribution in [0, 0.1) is 22.7 Å². The van der Waals surface area contributed by atoms with Gasteiger partial charge in [-0.15, -0.1) is 0 Å². The van der Waals surface area contributed by atoms with Crippen molar-refractivity contribution in [2.45, 2.75) is 59.6 Å². The van der Waals surface area contributed by atoms with E-state index in [-0.39, 0.29) is 23.5 Å². The van der Waals surface area contributed by atoms with Crippen LogP contribution in [0.15, 0.2) is 0 Å². The number of carbonyl (C=O) groups excluding carboxylic acids is 2. The summed E-state index contributed by atoms with van der Waals surface area (Å²) >= 11 is 0. The van der Waals surface area contributed by atoms with Crippen LogP contribution in [0.5, 0.6) is 0 Å². The molecule has 1 rings (SSSR count). The van der Waals surface area contributed by atoms with Crippen molar-refractivity contribution in [3.05, 3.63) is 0 Å². The molecule has 0 bridgehead atoms. The average molecular weight is 312 g/mol. The zero-order valence-electron chi connectivity index (χ0n) is 15.2. The van der Waals surface area contributed by atoms with Crippen molar-refractivity contribution in [3.8, 4) is 0 Å². The Morgan fingerprint density at radius 1 is 1.23 bits per heavy atom. The maximum atomic E-state index is 12.8. The lowest BCUT2D eigenvalue weighted by atomic mass is 9.51. The fraction of sp³-hybridized carbons (Fsp3) is 0.882. The van der Waals surface area contributed by atoms with Crippen molar-refractivity contribution in [2.75, 3.05) is 14.1 Å². The summed E-state index contributed by atoms with van der Waals surface area (Å²) in [5.74, 6) is -2.05. The Labute approximate surface area is 134 Å². The van der Waals surface area contributed by atoms with Crippen molar-refractivity contribution >= 4 is 11.7 Å². The van der Waals surface area contributed by atoms with Gasteiger partial charge in [-0.3, -0.25) is 14.5 Å². The summed E-state index contributed by atoms with van der Waals surface area (Å²) in [7, 11) is 3.63. The van der Waals surface area contributed by atoms with Crippen LogP contribution in [0.25, 0.3) is 0 Å². The minimum absolute atomic E-state index is 0.0942. The summed E-state index contributed by atoms with van der Waals surface area (Å²) in [5, 5.41) is 11.6. The molecular formula is C17H32N2O3. The van der Waals surface area contributed by atoms with Crippen LogP contribution in [-0.4, -0.2) is 47.4 Å². The van der Waals surface area contributed by atoms with E-state index in [1.807, 2.05) is 60.5 Å². The number of hydrogen-bond acceptors (Lipinski definition) is 4. The third-order valence-corrected chi connectivity index (χ3v) is 5.11. The molecule has 0 radical (unpaired) electrons. The van der Waals surface area contributed by atoms with E-state index in [1.54, 1.807) is 0 Å². The van der Waals surface area contributed by atoms with Gasteiger partial charge in [0.1, 0.15) is 5.92 Å². The minimum atomic E-state index is -1.16. The Kier molecular flexibility index (Phi) is 4.87. The minimum Gasteiger partial charge on any atom is -0.389 e. The van der Waals surface area contributed by atoms with E-state index in [4.69, 9.17) is 5.73 Å². The second kappa shape index (κ2) is 5.60. The molecule has 0 heterocycles. The number of Topliss-reactive ketones (excluding diaryl/α,β-unsaturated/α-hetero) is 1. The first kappa shape index (κ1) is 19.1. The molecular weight excluding hydrogens is 280 g/mol. The van der Waals surface area contributed by atoms with Crippen LogP contribution in [0.1, 0.15) is 48.0 Å². The number of hydrogen-bond donors (Lipinski definition) is 2. The largest absolute Gasteiger partial charge is 0.389 e. The maximum Gasteiger partial charge on any atom is 0.228 e. The summed E-state index contributed by atoms with van der Waals surface area (Å²) in [6.45, 7) is 11.9. The first-order chi connectivity index (χ1) is 9.64. The second-order valence-electron chi connectivity index (χ2n) is 8.99. The molecule has 4 atom stereocenters. The maximum absolute atomic E-state index is 12.8. The van der Waals surface area contributed by atoms with Gasteiger partial charge in [0.25, 0.3) is 0 Å². The number of aliphatic hydroxyl groups is 1. The molecule has 2 unspecified atom stereocenters. The molecule has 128 valence electrons. The van der Waals surface area contributed by atoms with Gasteiger partial charge in [-0.1, -0.05) is 41.5 Å². The quantitative estimate of drug-likeness (QED) is 0.756. The predicted octanol–water partition coefficient (Wildman–Crippen LogP) is 1.43. The molecule has 0 aromatic rings. The fourth-order valence-electron chi connectivity index (χ4n) is 3.93. The highest BCUT2D eigenvalue weighted by Crippen LogP contribution is 2.53. The van der Waals surface area contributed by atoms with E-state index in [9.17, 15) is 14.7 Å². The molecule has 1 aliphatic carbocycles. The fourth-order valence-corrected chi connectivity index (χ4v) is 3.93. The molecule has 0 saturated heterocycles. The van der Waals surface area contributed by atoms with Crippen molar-refractivity contribution < 1.29 is 14.7 Å². The van der Waals surface area contributed by atoms with Crippen molar-refractivity contribution in [2.24, 2.45) is 28.4 Å². The number of carbonyl (C=O) groups is 2. The molecule has 1 fully saturated rings. The van der Waals surface area contributed by atoms with E-state index < -0.39 is 28.9 Å². The zero-order chi connectivity index (χ0) is 17.7. The highest BCUT2D eigenvalue weighted by atomic mass is 16.3. The first-order valence-corrected chi connectivity index (χ1v) is 7.86. The van der Waals surface area contributed by atoms with Crippen LogP contribution in [0.2, 0.25) is 0 Å². The lowest BCUT2D eigenvalue weighted by molar-refractivity contribution is -0.193. The number of ketones is 1. The third-order valence-electron chi connectivity index (χ3n) is 5.11. The van der Waals surface area contributed by atoms with Gasteiger partial charge in [-0.25, -0.2) is 0 Å². The van der Waals surface area contributed by atoms with Gasteiger partial charge in [0.15, 0.2) is 5.78 Å². The molecule has 0 spiro atoms. The Morgan fingerprint density at radius 2 is 1.68 bits per heavy atom. The van der Waals surface area contributed by atoms with Gasteiger partial charge in [0.2, 0.25) is 5.91 Å². The number of amides is 1. The number of nitrogens with two attached hydrogens (primary N) is 1. The Morgan fingerprint density at radius 3 is 1.95 bits per heavy atom. The topological polar surface area (TPSA) is 83.6 Å². The Bertz CT molecular complexity index is 460. The molecule has 0 aliphatic heterocycles. The second-order valence-corrected chi connectivity index (χ2v) is 8.99. The predicted molar refractivity (Wildman–Crippen MR) is 87.1 cm³/mol. The van der Waals surface area contributed by atoms with E-state index >= 15 is 0 Å². The Hall–Kier alpha value is -0.940. The first-order valence-electron chi connectivity index (χ1n) is 7.86. The molecule has 0 aromatic heterocycles. The summed E-state index contributed by atoms with van der Waals surface area (Å²) in [5.41, 5.74) is 3.52. The van der Waals surface area contributed by atoms with Gasteiger partial charge in [0, 0.05) is 5.92 Å². The van der Waals surface area contributed by atoms with Crippen LogP contribution < -0.4 is 5.73 Å². The van der Waals surface area contributed by atoms with Gasteiger partial charge in [-0.2, -0.15) is 0 Å². The molecule has 1 saturated carbocycles. The lowest BCUT2D eigenvalue weighted by Gasteiger charge is -2.58. The monoisotopic (exact) mass is 312 g/mol. The number of rotatable bonds is 2. The Balaban J connectivity index is 3.58. The van der Waals surface area contributed by atoms with Crippen molar-refractivity contribution in [1.82, 2.24) is 4.90 Å². The summed E-state index contributed by atoms with van der Waals surface area (Å²) in [6, 6.07) is -0.532. The van der Waals surface area contributed by atoms with Gasteiger partial charge in [0.05, 0.1) is 11.6 Å². The van der Waals surface area contributed by atoms with Crippen molar-refractivity contribution in [3.63, 3.8) is 0 Å². The van der Waals surface area contributed by atoms with Gasteiger partial charge in [-0.05, 0) is 31.3 Å². The van der Waals surface area contributed by atoms with Gasteiger partial charge < -0.3 is 10.8 Å². The zero-order valence-corrected chi connectivity index (χ0v) is 15.2. The highest BCUT2D eigenvalue weighted by Gasteiger charge is 2.61. The van der Waals surface area contributed by atoms with Crippen molar-refractivity contribution in [1.29, 1.82) is 0 Å². The smallest absolute Gasteiger partial charge is 0.228 e. The van der Waals surface area contributed by atoms with Crippen LogP contribution in [0.4, 0.5) is 0 Å². The molecule has 5 heteroatoms. The highest BCUT2D eigenvalue weighted by molar-refractivity contribution is 6.04. The molecule has 1 amide bonds. The molecule has 22 heavy (non-hydrogen) atoms. The van der Waals surface area contributed by atoms with Gasteiger partial charge >= 0.3 is 0 Å². The number of nitrogens with zero attached hydrogens (tertiary/aromatic N) is 1. The molecule has 5 nitrogen and oxygen atoms in total. The van der Waals surface area contributed by atoms with Crippen LogP contribution in [-0.2, 0) is 9.59 Å². The van der Waals surface area contributed by atoms with E-state index in [0.29, 0.717) is 0 Å². The molecule has 0 aromatic carbocycles. The number of likely N-dealkylation sites (N-methyl/N-ethyl adjacent to an activating group) is 1. The SMILES string of the molecule is CN(C)[C@@H]1C(=O)C(C(N)=O)C[C@@](O)(C(C)(C)C)C1C(C)(C)C. The van der Waals surface area contributed by atoms with Crippen LogP contribution >= 0.6 is 0 Å². The summed E-state index contributed by atoms with van der Waals surface area (Å²) in [4.78, 5) is 26.4. The standard InChI is InChI=1S/C17H32N2O3/c1-15(2,3)13-11(19(7)8)12(20)10(14(18)21)9-17(13,22)16(4,5)6/h10-11,13,22H,9H2,1-8H3,(H2,18,21)/t10?,11-,13?,17+/m1/s1. The van der Waals surface area contributed by atoms with E-state index in [1.165, 1.54) is 0 Å².